The lowest BCUT2D eigenvalue weighted by molar-refractivity contribution is -0.265. The molecule has 69 heavy (non-hydrogen) atoms. The molecule has 0 spiro atoms. The topological polar surface area (TPSA) is 192 Å². The standard InChI is InChI=1S/C54H85NO13P/c1-34-18-12-11-13-19-35(2)46(64-8)32-43-24-23-40(7)54(62,68-43)51(59)52(60)55-25-15-14-22-44(55)53(61)67-47(37(4)30-41-20-16-21-42(31-41)66-26-17-27-69(10)63)33-45(56)36(3)29-39(6)49(58)50(65-9)48(57)38(5)28-34/h11-13,18-19,29,34,36-38,40-44,46-47,49-50,58,62H,14-17,20-28,30-33H2,1-10H3/q+1/b13-11+,18-12+,35-19+,39-29+/t34-,36-,37-,38-,40-,41+,42?,43+,44?,46+,47+,49-,50+,54-/m1/s1. The minimum absolute atomic E-state index is 0.0209. The molecule has 3 unspecified atom stereocenters. The lowest BCUT2D eigenvalue weighted by Gasteiger charge is -2.42. The molecular formula is C54H85NO13P+. The van der Waals surface area contributed by atoms with Gasteiger partial charge in [0.1, 0.15) is 43.0 Å². The van der Waals surface area contributed by atoms with Gasteiger partial charge in [-0.15, -0.1) is 0 Å². The molecule has 0 aromatic carbocycles. The Morgan fingerprint density at radius 2 is 1.64 bits per heavy atom. The van der Waals surface area contributed by atoms with Gasteiger partial charge in [-0.2, -0.15) is 0 Å². The maximum Gasteiger partial charge on any atom is 0.335 e. The maximum absolute atomic E-state index is 14.5. The lowest BCUT2D eigenvalue weighted by atomic mass is 9.79. The van der Waals surface area contributed by atoms with E-state index in [0.717, 1.165) is 37.7 Å². The predicted octanol–water partition coefficient (Wildman–Crippen LogP) is 8.43. The predicted molar refractivity (Wildman–Crippen MR) is 266 cm³/mol. The third kappa shape index (κ3) is 16.9. The number of ether oxygens (including phenoxy) is 5. The Bertz CT molecular complexity index is 1880. The third-order valence-corrected chi connectivity index (χ3v) is 16.0. The second kappa shape index (κ2) is 28.1. The zero-order valence-corrected chi connectivity index (χ0v) is 44.2. The van der Waals surface area contributed by atoms with Gasteiger partial charge in [-0.25, -0.2) is 4.79 Å². The number of nitrogens with zero attached hydrogens (tertiary/aromatic N) is 1. The van der Waals surface area contributed by atoms with Crippen LogP contribution >= 0.6 is 7.80 Å². The summed E-state index contributed by atoms with van der Waals surface area (Å²) in [5.74, 6) is -7.70. The van der Waals surface area contributed by atoms with Crippen molar-refractivity contribution < 1.29 is 62.4 Å². The van der Waals surface area contributed by atoms with Crippen LogP contribution in [0.3, 0.4) is 0 Å². The van der Waals surface area contributed by atoms with Gasteiger partial charge in [0, 0.05) is 57.8 Å². The van der Waals surface area contributed by atoms with Gasteiger partial charge < -0.3 is 38.8 Å². The molecule has 0 aromatic rings. The quantitative estimate of drug-likeness (QED) is 0.0698. The minimum atomic E-state index is -2.42. The van der Waals surface area contributed by atoms with Gasteiger partial charge in [0.25, 0.3) is 11.7 Å². The number of piperidine rings is 1. The van der Waals surface area contributed by atoms with E-state index in [-0.39, 0.29) is 54.8 Å². The molecule has 1 saturated carbocycles. The number of carbonyl (C=O) groups excluding carboxylic acids is 5. The molecule has 1 aliphatic carbocycles. The first-order valence-corrected chi connectivity index (χ1v) is 27.6. The molecule has 0 aromatic heterocycles. The summed E-state index contributed by atoms with van der Waals surface area (Å²) in [6.45, 7) is 15.1. The van der Waals surface area contributed by atoms with E-state index in [1.54, 1.807) is 40.6 Å². The normalized spacial score (nSPS) is 37.9. The summed E-state index contributed by atoms with van der Waals surface area (Å²) < 4.78 is 41.8. The van der Waals surface area contributed by atoms with E-state index in [0.29, 0.717) is 63.3 Å². The average Bonchev–Trinajstić information content (AvgIpc) is 3.31. The number of Topliss-reactive ketones (excluding diaryl/α,β-unsaturated/α-hetero) is 3. The summed E-state index contributed by atoms with van der Waals surface area (Å²) in [4.78, 5) is 72.2. The number of cyclic esters (lactones) is 1. The van der Waals surface area contributed by atoms with E-state index < -0.39 is 85.6 Å². The number of allylic oxidation sites excluding steroid dienone is 6. The molecule has 4 aliphatic rings. The van der Waals surface area contributed by atoms with Crippen molar-refractivity contribution in [3.63, 3.8) is 0 Å². The number of hydrogen-bond acceptors (Lipinski definition) is 13. The number of amides is 1. The zero-order valence-electron chi connectivity index (χ0n) is 43.3. The minimum Gasteiger partial charge on any atom is -0.460 e. The zero-order chi connectivity index (χ0) is 51.0. The van der Waals surface area contributed by atoms with Crippen LogP contribution in [0.1, 0.15) is 138 Å². The van der Waals surface area contributed by atoms with E-state index in [9.17, 15) is 38.8 Å². The molecule has 388 valence electrons. The summed E-state index contributed by atoms with van der Waals surface area (Å²) in [5.41, 5.74) is 1.28. The first-order valence-electron chi connectivity index (χ1n) is 25.7. The van der Waals surface area contributed by atoms with Crippen LogP contribution in [0.15, 0.2) is 47.6 Å². The van der Waals surface area contributed by atoms with Crippen LogP contribution in [0.25, 0.3) is 0 Å². The van der Waals surface area contributed by atoms with E-state index >= 15 is 0 Å². The summed E-state index contributed by atoms with van der Waals surface area (Å²) in [7, 11) is 1.74. The van der Waals surface area contributed by atoms with Crippen LogP contribution < -0.4 is 0 Å². The summed E-state index contributed by atoms with van der Waals surface area (Å²) in [6, 6.07) is -1.13. The Kier molecular flexibility index (Phi) is 23.8. The Labute approximate surface area is 413 Å². The van der Waals surface area contributed by atoms with Crippen molar-refractivity contribution in [3.05, 3.63) is 47.6 Å². The van der Waals surface area contributed by atoms with Gasteiger partial charge in [0.2, 0.25) is 5.79 Å². The highest BCUT2D eigenvalue weighted by Gasteiger charge is 2.53. The van der Waals surface area contributed by atoms with Crippen molar-refractivity contribution in [2.45, 2.75) is 187 Å². The van der Waals surface area contributed by atoms with E-state index in [1.165, 1.54) is 12.0 Å². The number of fused-ring (bicyclic) bond motifs is 3. The van der Waals surface area contributed by atoms with Gasteiger partial charge in [0.05, 0.1) is 24.9 Å². The van der Waals surface area contributed by atoms with Gasteiger partial charge >= 0.3 is 13.8 Å². The molecule has 2 saturated heterocycles. The van der Waals surface area contributed by atoms with Crippen molar-refractivity contribution >= 4 is 37.0 Å². The monoisotopic (exact) mass is 987 g/mol. The summed E-state index contributed by atoms with van der Waals surface area (Å²) in [5, 5.41) is 23.5. The first-order chi connectivity index (χ1) is 32.7. The highest BCUT2D eigenvalue weighted by atomic mass is 31.1. The van der Waals surface area contributed by atoms with Crippen LogP contribution in [0.4, 0.5) is 0 Å². The number of esters is 1. The summed E-state index contributed by atoms with van der Waals surface area (Å²) >= 11 is 0. The number of aliphatic hydroxyl groups excluding tert-OH is 1. The fourth-order valence-electron chi connectivity index (χ4n) is 10.6. The molecule has 4 rings (SSSR count). The number of rotatable bonds is 10. The Balaban J connectivity index is 1.68. The van der Waals surface area contributed by atoms with Crippen LogP contribution in [0.5, 0.6) is 0 Å². The van der Waals surface area contributed by atoms with Crippen molar-refractivity contribution in [2.24, 2.45) is 35.5 Å². The number of aliphatic hydroxyl groups is 2. The number of hydrogen-bond donors (Lipinski definition) is 2. The Morgan fingerprint density at radius 1 is 0.899 bits per heavy atom. The molecule has 15 atom stereocenters. The molecule has 3 heterocycles. The second-order valence-corrected chi connectivity index (χ2v) is 22.5. The van der Waals surface area contributed by atoms with Gasteiger partial charge in [-0.05, 0) is 101 Å². The number of ketones is 3. The number of methoxy groups -OCH3 is 2. The van der Waals surface area contributed by atoms with Crippen LogP contribution in [-0.4, -0.2) is 133 Å². The Hall–Kier alpha value is -3.23. The van der Waals surface area contributed by atoms with Crippen molar-refractivity contribution in [1.82, 2.24) is 4.90 Å². The molecule has 1 amide bonds. The first kappa shape index (κ1) is 58.3. The SMILES string of the molecule is CO[C@H]1C[C@@H]2CC[C@@H](C)[C@@](O)(O2)C(=O)C(=O)N2CCCCC2C(=O)O[C@H]([C@H](C)C[C@@H]2CCCC(OCCC[P+](C)=O)C2)CC(=O)[C@H](C)/C=C(\C)[C@@H](O)[C@@H](OC)C(=O)[C@H](C)C[C@H](C)/C=C/C=C/C=C/1C. The van der Waals surface area contributed by atoms with Gasteiger partial charge in [-0.1, -0.05) is 88.5 Å². The van der Waals surface area contributed by atoms with Crippen molar-refractivity contribution in [1.29, 1.82) is 0 Å². The fourth-order valence-corrected chi connectivity index (χ4v) is 11.2. The summed E-state index contributed by atoms with van der Waals surface area (Å²) in [6.07, 6.45) is 15.5. The molecular weight excluding hydrogens is 902 g/mol. The smallest absolute Gasteiger partial charge is 0.335 e. The largest absolute Gasteiger partial charge is 0.460 e. The van der Waals surface area contributed by atoms with Crippen molar-refractivity contribution in [2.75, 3.05) is 40.2 Å². The second-order valence-electron chi connectivity index (χ2n) is 20.8. The van der Waals surface area contributed by atoms with E-state index in [4.69, 9.17) is 23.7 Å². The van der Waals surface area contributed by atoms with E-state index in [2.05, 4.69) is 0 Å². The average molecular weight is 987 g/mol. The number of carbonyl (C=O) groups is 5. The van der Waals surface area contributed by atoms with Gasteiger partial charge in [-0.3, -0.25) is 19.2 Å². The molecule has 3 fully saturated rings. The molecule has 0 radical (unpaired) electrons. The molecule has 2 bridgehead atoms. The van der Waals surface area contributed by atoms with Crippen LogP contribution in [0.2, 0.25) is 0 Å². The third-order valence-electron chi connectivity index (χ3n) is 15.0. The van der Waals surface area contributed by atoms with Crippen LogP contribution in [0, 0.1) is 35.5 Å². The highest BCUT2D eigenvalue weighted by Crippen LogP contribution is 2.38. The van der Waals surface area contributed by atoms with Crippen LogP contribution in [-0.2, 0) is 52.2 Å². The Morgan fingerprint density at radius 3 is 2.33 bits per heavy atom. The molecule has 2 N–H and O–H groups in total. The van der Waals surface area contributed by atoms with Crippen molar-refractivity contribution in [3.8, 4) is 0 Å². The van der Waals surface area contributed by atoms with Gasteiger partial charge in [0.15, 0.2) is 5.78 Å². The molecule has 3 aliphatic heterocycles. The fraction of sp³-hybridized carbons (Fsp3) is 0.759. The molecule has 15 heteroatoms. The maximum atomic E-state index is 14.5. The highest BCUT2D eigenvalue weighted by molar-refractivity contribution is 7.43. The van der Waals surface area contributed by atoms with E-state index in [1.807, 2.05) is 58.1 Å². The lowest BCUT2D eigenvalue weighted by Crippen LogP contribution is -2.61. The molecule has 14 nitrogen and oxygen atoms in total.